The highest BCUT2D eigenvalue weighted by atomic mass is 14.6. The van der Waals surface area contributed by atoms with Gasteiger partial charge in [-0.1, -0.05) is 18.2 Å². The van der Waals surface area contributed by atoms with Gasteiger partial charge in [-0.15, -0.1) is 0 Å². The molecular weight excluding hydrogens is 182 g/mol. The van der Waals surface area contributed by atoms with Crippen LogP contribution in [0.1, 0.15) is 16.7 Å². The van der Waals surface area contributed by atoms with E-state index in [1.54, 1.807) is 0 Å². The third kappa shape index (κ3) is 2.07. The Balaban J connectivity index is 2.50. The summed E-state index contributed by atoms with van der Waals surface area (Å²) in [7, 11) is 0. The quantitative estimate of drug-likeness (QED) is 0.679. The van der Waals surface area contributed by atoms with Crippen molar-refractivity contribution in [3.8, 4) is 11.1 Å². The molecule has 1 aromatic heterocycles. The van der Waals surface area contributed by atoms with Gasteiger partial charge in [-0.3, -0.25) is 4.98 Å². The second-order valence-corrected chi connectivity index (χ2v) is 4.05. The van der Waals surface area contributed by atoms with Gasteiger partial charge in [-0.2, -0.15) is 0 Å². The minimum absolute atomic E-state index is 1.19. The fraction of sp³-hybridized carbons (Fsp3) is 0.214. The van der Waals surface area contributed by atoms with E-state index in [1.807, 2.05) is 12.4 Å². The Morgan fingerprint density at radius 2 is 1.60 bits per heavy atom. The number of hydrogen-bond acceptors (Lipinski definition) is 1. The molecule has 2 aromatic rings. The van der Waals surface area contributed by atoms with Gasteiger partial charge in [0.2, 0.25) is 0 Å². The molecule has 15 heavy (non-hydrogen) atoms. The van der Waals surface area contributed by atoms with E-state index in [4.69, 9.17) is 0 Å². The number of hydrogen-bond donors (Lipinski definition) is 0. The molecule has 0 aliphatic rings. The van der Waals surface area contributed by atoms with Crippen molar-refractivity contribution in [1.82, 2.24) is 4.98 Å². The highest BCUT2D eigenvalue weighted by Gasteiger charge is 2.00. The van der Waals surface area contributed by atoms with E-state index in [9.17, 15) is 0 Å². The zero-order valence-corrected chi connectivity index (χ0v) is 9.41. The van der Waals surface area contributed by atoms with Crippen molar-refractivity contribution in [2.75, 3.05) is 0 Å². The van der Waals surface area contributed by atoms with Gasteiger partial charge in [0.25, 0.3) is 0 Å². The summed E-state index contributed by atoms with van der Waals surface area (Å²) < 4.78 is 0. The molecule has 1 heterocycles. The molecule has 1 nitrogen and oxygen atoms in total. The first-order chi connectivity index (χ1) is 7.16. The molecule has 0 N–H and O–H groups in total. The fourth-order valence-electron chi connectivity index (χ4n) is 1.63. The van der Waals surface area contributed by atoms with Crippen LogP contribution in [0.3, 0.4) is 0 Å². The molecule has 0 radical (unpaired) electrons. The first kappa shape index (κ1) is 9.91. The van der Waals surface area contributed by atoms with Gasteiger partial charge in [-0.05, 0) is 49.1 Å². The Morgan fingerprint density at radius 3 is 2.27 bits per heavy atom. The van der Waals surface area contributed by atoms with Crippen LogP contribution in [0, 0.1) is 20.8 Å². The molecule has 0 unspecified atom stereocenters. The van der Waals surface area contributed by atoms with Crippen molar-refractivity contribution < 1.29 is 0 Å². The van der Waals surface area contributed by atoms with Crippen molar-refractivity contribution in [3.63, 3.8) is 0 Å². The highest BCUT2D eigenvalue weighted by Crippen LogP contribution is 2.21. The molecule has 0 saturated carbocycles. The molecule has 76 valence electrons. The summed E-state index contributed by atoms with van der Waals surface area (Å²) in [5.74, 6) is 0. The van der Waals surface area contributed by atoms with Crippen molar-refractivity contribution in [2.45, 2.75) is 20.8 Å². The molecular formula is C14H15N. The van der Waals surface area contributed by atoms with Crippen molar-refractivity contribution >= 4 is 0 Å². The second kappa shape index (κ2) is 3.85. The SMILES string of the molecule is Cc1cncc(-c2ccc(C)c(C)c2)c1. The maximum absolute atomic E-state index is 4.21. The number of nitrogens with zero attached hydrogens (tertiary/aromatic N) is 1. The third-order valence-electron chi connectivity index (χ3n) is 2.72. The Bertz CT molecular complexity index is 486. The first-order valence-electron chi connectivity index (χ1n) is 5.16. The van der Waals surface area contributed by atoms with Crippen molar-refractivity contribution in [2.24, 2.45) is 0 Å². The van der Waals surface area contributed by atoms with Crippen molar-refractivity contribution in [1.29, 1.82) is 0 Å². The van der Waals surface area contributed by atoms with Crippen LogP contribution in [-0.4, -0.2) is 4.98 Å². The van der Waals surface area contributed by atoms with Gasteiger partial charge < -0.3 is 0 Å². The zero-order chi connectivity index (χ0) is 10.8. The van der Waals surface area contributed by atoms with Gasteiger partial charge in [0, 0.05) is 18.0 Å². The molecule has 1 heteroatoms. The van der Waals surface area contributed by atoms with Gasteiger partial charge in [0.05, 0.1) is 0 Å². The minimum atomic E-state index is 1.19. The topological polar surface area (TPSA) is 12.9 Å². The third-order valence-corrected chi connectivity index (χ3v) is 2.72. The van der Waals surface area contributed by atoms with Gasteiger partial charge in [0.15, 0.2) is 0 Å². The minimum Gasteiger partial charge on any atom is -0.264 e. The number of rotatable bonds is 1. The summed E-state index contributed by atoms with van der Waals surface area (Å²) in [5, 5.41) is 0. The number of benzene rings is 1. The Kier molecular flexibility index (Phi) is 2.55. The molecule has 0 aliphatic carbocycles. The summed E-state index contributed by atoms with van der Waals surface area (Å²) >= 11 is 0. The van der Waals surface area contributed by atoms with Gasteiger partial charge in [0.1, 0.15) is 0 Å². The van der Waals surface area contributed by atoms with E-state index < -0.39 is 0 Å². The summed E-state index contributed by atoms with van der Waals surface area (Å²) in [4.78, 5) is 4.21. The maximum Gasteiger partial charge on any atom is 0.0346 e. The number of aryl methyl sites for hydroxylation is 3. The maximum atomic E-state index is 4.21. The fourth-order valence-corrected chi connectivity index (χ4v) is 1.63. The Hall–Kier alpha value is -1.63. The van der Waals surface area contributed by atoms with Crippen LogP contribution in [0.15, 0.2) is 36.7 Å². The average molecular weight is 197 g/mol. The number of aromatic nitrogens is 1. The Morgan fingerprint density at radius 1 is 0.800 bits per heavy atom. The van der Waals surface area contributed by atoms with Crippen LogP contribution >= 0.6 is 0 Å². The van der Waals surface area contributed by atoms with Crippen LogP contribution < -0.4 is 0 Å². The molecule has 0 saturated heterocycles. The van der Waals surface area contributed by atoms with Crippen LogP contribution in [0.2, 0.25) is 0 Å². The lowest BCUT2D eigenvalue weighted by molar-refractivity contribution is 1.26. The van der Waals surface area contributed by atoms with E-state index in [0.29, 0.717) is 0 Å². The second-order valence-electron chi connectivity index (χ2n) is 4.05. The predicted octanol–water partition coefficient (Wildman–Crippen LogP) is 3.67. The monoisotopic (exact) mass is 197 g/mol. The van der Waals surface area contributed by atoms with Crippen LogP contribution in [0.4, 0.5) is 0 Å². The molecule has 2 rings (SSSR count). The lowest BCUT2D eigenvalue weighted by Gasteiger charge is -2.05. The van der Waals surface area contributed by atoms with Crippen LogP contribution in [-0.2, 0) is 0 Å². The highest BCUT2D eigenvalue weighted by molar-refractivity contribution is 5.64. The van der Waals surface area contributed by atoms with E-state index >= 15 is 0 Å². The number of pyridine rings is 1. The summed E-state index contributed by atoms with van der Waals surface area (Å²) in [6.07, 6.45) is 3.79. The molecule has 0 amide bonds. The molecule has 0 fully saturated rings. The first-order valence-corrected chi connectivity index (χ1v) is 5.16. The standard InChI is InChI=1S/C14H15N/c1-10-6-14(9-15-8-10)13-5-4-11(2)12(3)7-13/h4-9H,1-3H3. The molecule has 0 aliphatic heterocycles. The smallest absolute Gasteiger partial charge is 0.0346 e. The normalized spacial score (nSPS) is 10.3. The van der Waals surface area contributed by atoms with E-state index in [2.05, 4.69) is 50.0 Å². The lowest BCUT2D eigenvalue weighted by atomic mass is 10.0. The summed E-state index contributed by atoms with van der Waals surface area (Å²) in [6, 6.07) is 8.69. The Labute approximate surface area is 90.8 Å². The zero-order valence-electron chi connectivity index (χ0n) is 9.41. The van der Waals surface area contributed by atoms with E-state index in [1.165, 1.54) is 27.8 Å². The average Bonchev–Trinajstić information content (AvgIpc) is 2.22. The van der Waals surface area contributed by atoms with Crippen molar-refractivity contribution in [3.05, 3.63) is 53.3 Å². The summed E-state index contributed by atoms with van der Waals surface area (Å²) in [6.45, 7) is 6.34. The van der Waals surface area contributed by atoms with E-state index in [0.717, 1.165) is 0 Å². The van der Waals surface area contributed by atoms with Gasteiger partial charge in [-0.25, -0.2) is 0 Å². The largest absolute Gasteiger partial charge is 0.264 e. The van der Waals surface area contributed by atoms with Gasteiger partial charge >= 0.3 is 0 Å². The molecule has 1 aromatic carbocycles. The molecule has 0 atom stereocenters. The van der Waals surface area contributed by atoms with E-state index in [-0.39, 0.29) is 0 Å². The molecule has 0 spiro atoms. The predicted molar refractivity (Wildman–Crippen MR) is 63.9 cm³/mol. The summed E-state index contributed by atoms with van der Waals surface area (Å²) in [5.41, 5.74) is 6.30. The lowest BCUT2D eigenvalue weighted by Crippen LogP contribution is -1.85. The molecule has 0 bridgehead atoms. The van der Waals surface area contributed by atoms with Crippen LogP contribution in [0.5, 0.6) is 0 Å². The van der Waals surface area contributed by atoms with Crippen LogP contribution in [0.25, 0.3) is 11.1 Å².